The topological polar surface area (TPSA) is 101 Å². The van der Waals surface area contributed by atoms with Crippen LogP contribution in [0.15, 0.2) is 28.6 Å². The van der Waals surface area contributed by atoms with E-state index >= 15 is 0 Å². The Kier molecular flexibility index (Phi) is 5.45. The van der Waals surface area contributed by atoms with Crippen molar-refractivity contribution in [1.29, 1.82) is 0 Å². The summed E-state index contributed by atoms with van der Waals surface area (Å²) >= 11 is 0.817. The van der Waals surface area contributed by atoms with Gasteiger partial charge < -0.3 is 0 Å². The highest BCUT2D eigenvalue weighted by Gasteiger charge is 2.22. The number of aromatic nitrogens is 2. The number of carbonyl (C=O) groups is 1. The normalized spacial score (nSPS) is 12.8. The summed E-state index contributed by atoms with van der Waals surface area (Å²) in [6.45, 7) is 5.46. The molecule has 7 nitrogen and oxygen atoms in total. The average molecular weight is 354 g/mol. The number of rotatable bonds is 6. The Morgan fingerprint density at radius 3 is 2.65 bits per heavy atom. The van der Waals surface area contributed by atoms with Gasteiger partial charge in [-0.25, -0.2) is 13.1 Å². The lowest BCUT2D eigenvalue weighted by Gasteiger charge is -2.09. The molecule has 1 amide bonds. The molecule has 0 bridgehead atoms. The first-order valence-electron chi connectivity index (χ1n) is 7.06. The molecule has 0 aliphatic carbocycles. The molecule has 0 saturated carbocycles. The van der Waals surface area contributed by atoms with Crippen LogP contribution < -0.4 is 10.0 Å². The molecular formula is C14H18N4O3S2. The number of sulfonamides is 1. The highest BCUT2D eigenvalue weighted by molar-refractivity contribution is 7.91. The second kappa shape index (κ2) is 7.16. The maximum Gasteiger partial charge on any atom is 0.270 e. The Hall–Kier alpha value is -1.84. The van der Waals surface area contributed by atoms with Crippen LogP contribution in [0.4, 0.5) is 5.13 Å². The number of hydrogen-bond donors (Lipinski definition) is 2. The van der Waals surface area contributed by atoms with Crippen molar-refractivity contribution in [1.82, 2.24) is 14.9 Å². The van der Waals surface area contributed by atoms with Crippen molar-refractivity contribution in [3.8, 4) is 0 Å². The molecule has 0 aliphatic heterocycles. The number of nitrogens with one attached hydrogen (secondary N) is 2. The minimum absolute atomic E-state index is 0.141. The zero-order valence-electron chi connectivity index (χ0n) is 13.0. The molecule has 0 radical (unpaired) electrons. The molecule has 0 spiro atoms. The lowest BCUT2D eigenvalue weighted by molar-refractivity contribution is 0.102. The minimum atomic E-state index is -3.72. The van der Waals surface area contributed by atoms with E-state index in [1.54, 1.807) is 19.1 Å². The Morgan fingerprint density at radius 2 is 2.00 bits per heavy atom. The molecule has 1 aromatic heterocycles. The van der Waals surface area contributed by atoms with Crippen LogP contribution in [0.3, 0.4) is 0 Å². The summed E-state index contributed by atoms with van der Waals surface area (Å²) in [5.74, 6) is -0.349. The number of carbonyl (C=O) groups excluding carboxylic acids is 1. The number of hydrogen-bond acceptors (Lipinski definition) is 6. The molecule has 2 aromatic rings. The molecule has 1 atom stereocenters. The minimum Gasteiger partial charge on any atom is -0.296 e. The molecule has 1 heterocycles. The summed E-state index contributed by atoms with van der Waals surface area (Å²) in [5, 5.41) is 10.1. The van der Waals surface area contributed by atoms with Crippen LogP contribution in [-0.2, 0) is 10.0 Å². The van der Waals surface area contributed by atoms with E-state index in [2.05, 4.69) is 20.2 Å². The Balaban J connectivity index is 2.14. The average Bonchev–Trinajstić information content (AvgIpc) is 2.96. The molecule has 0 saturated heterocycles. The number of nitrogens with zero attached hydrogens (tertiary/aromatic N) is 2. The number of aryl methyl sites for hydroxylation is 1. The fraction of sp³-hybridized carbons (Fsp3) is 0.357. The lowest BCUT2D eigenvalue weighted by atomic mass is 10.1. The van der Waals surface area contributed by atoms with E-state index in [1.165, 1.54) is 0 Å². The third kappa shape index (κ3) is 4.34. The highest BCUT2D eigenvalue weighted by Crippen LogP contribution is 2.21. The first-order valence-corrected chi connectivity index (χ1v) is 9.36. The Morgan fingerprint density at radius 1 is 1.30 bits per heavy atom. The van der Waals surface area contributed by atoms with Gasteiger partial charge in [0.1, 0.15) is 0 Å². The van der Waals surface area contributed by atoms with Crippen molar-refractivity contribution in [2.24, 2.45) is 0 Å². The molecule has 1 aromatic carbocycles. The molecule has 2 rings (SSSR count). The number of benzene rings is 1. The van der Waals surface area contributed by atoms with E-state index in [9.17, 15) is 13.2 Å². The van der Waals surface area contributed by atoms with Gasteiger partial charge in [-0.15, -0.1) is 10.2 Å². The fourth-order valence-corrected chi connectivity index (χ4v) is 4.00. The molecule has 124 valence electrons. The van der Waals surface area contributed by atoms with Gasteiger partial charge in [-0.2, -0.15) is 0 Å². The zero-order valence-corrected chi connectivity index (χ0v) is 14.7. The van der Waals surface area contributed by atoms with Crippen molar-refractivity contribution in [3.05, 3.63) is 35.4 Å². The van der Waals surface area contributed by atoms with Crippen LogP contribution in [0.25, 0.3) is 0 Å². The van der Waals surface area contributed by atoms with Crippen molar-refractivity contribution < 1.29 is 13.2 Å². The van der Waals surface area contributed by atoms with Gasteiger partial charge in [0, 0.05) is 11.6 Å². The van der Waals surface area contributed by atoms with Crippen molar-refractivity contribution in [2.45, 2.75) is 37.6 Å². The predicted molar refractivity (Wildman–Crippen MR) is 89.1 cm³/mol. The summed E-state index contributed by atoms with van der Waals surface area (Å²) in [4.78, 5) is 12.2. The molecule has 0 fully saturated rings. The predicted octanol–water partition coefficient (Wildman–Crippen LogP) is 2.18. The van der Waals surface area contributed by atoms with Crippen LogP contribution in [-0.4, -0.2) is 30.6 Å². The number of amides is 1. The number of anilines is 1. The highest BCUT2D eigenvalue weighted by atomic mass is 32.2. The van der Waals surface area contributed by atoms with Gasteiger partial charge in [0.2, 0.25) is 9.47 Å². The first kappa shape index (κ1) is 17.5. The molecule has 0 unspecified atom stereocenters. The molecule has 0 aliphatic rings. The second-order valence-electron chi connectivity index (χ2n) is 5.07. The van der Waals surface area contributed by atoms with Crippen molar-refractivity contribution in [2.75, 3.05) is 5.32 Å². The third-order valence-electron chi connectivity index (χ3n) is 3.22. The first-order chi connectivity index (χ1) is 10.8. The fourth-order valence-electron chi connectivity index (χ4n) is 1.76. The standard InChI is InChI=1S/C14H18N4O3S2/c1-4-10(3)18-23(20,21)14-17-16-13(22-14)15-12(19)11-8-6-5-7-9(11)2/h5-8,10,18H,4H2,1-3H3,(H,15,16,19)/t10-/m1/s1. The summed E-state index contributed by atoms with van der Waals surface area (Å²) in [7, 11) is -3.72. The van der Waals surface area contributed by atoms with Gasteiger partial charge in [-0.1, -0.05) is 36.5 Å². The van der Waals surface area contributed by atoms with Gasteiger partial charge in [0.05, 0.1) is 0 Å². The van der Waals surface area contributed by atoms with Gasteiger partial charge in [0.15, 0.2) is 0 Å². The van der Waals surface area contributed by atoms with Crippen LogP contribution in [0.1, 0.15) is 36.2 Å². The van der Waals surface area contributed by atoms with Crippen LogP contribution in [0.2, 0.25) is 0 Å². The molecule has 23 heavy (non-hydrogen) atoms. The summed E-state index contributed by atoms with van der Waals surface area (Å²) in [5.41, 5.74) is 1.32. The monoisotopic (exact) mass is 354 g/mol. The van der Waals surface area contributed by atoms with E-state index in [0.717, 1.165) is 16.9 Å². The maximum absolute atomic E-state index is 12.2. The van der Waals surface area contributed by atoms with Gasteiger partial charge in [-0.05, 0) is 31.9 Å². The largest absolute Gasteiger partial charge is 0.296 e. The molecular weight excluding hydrogens is 336 g/mol. The van der Waals surface area contributed by atoms with E-state index in [4.69, 9.17) is 0 Å². The Labute approximate surface area is 139 Å². The van der Waals surface area contributed by atoms with E-state index in [1.807, 2.05) is 26.0 Å². The quantitative estimate of drug-likeness (QED) is 0.774. The third-order valence-corrected chi connectivity index (χ3v) is 6.01. The summed E-state index contributed by atoms with van der Waals surface area (Å²) in [6.07, 6.45) is 0.662. The van der Waals surface area contributed by atoms with E-state index in [0.29, 0.717) is 12.0 Å². The van der Waals surface area contributed by atoms with Gasteiger partial charge in [0.25, 0.3) is 15.9 Å². The smallest absolute Gasteiger partial charge is 0.270 e. The van der Waals surface area contributed by atoms with Crippen molar-refractivity contribution in [3.63, 3.8) is 0 Å². The Bertz CT molecular complexity index is 802. The SMILES string of the molecule is CC[C@@H](C)NS(=O)(=O)c1nnc(NC(=O)c2ccccc2C)s1. The lowest BCUT2D eigenvalue weighted by Crippen LogP contribution is -2.31. The van der Waals surface area contributed by atoms with Crippen LogP contribution >= 0.6 is 11.3 Å². The van der Waals surface area contributed by atoms with Crippen LogP contribution in [0.5, 0.6) is 0 Å². The van der Waals surface area contributed by atoms with Crippen molar-refractivity contribution >= 4 is 32.4 Å². The van der Waals surface area contributed by atoms with Gasteiger partial charge >= 0.3 is 0 Å². The van der Waals surface area contributed by atoms with E-state index in [-0.39, 0.29) is 21.4 Å². The van der Waals surface area contributed by atoms with Gasteiger partial charge in [-0.3, -0.25) is 10.1 Å². The molecule has 2 N–H and O–H groups in total. The van der Waals surface area contributed by atoms with Crippen LogP contribution in [0, 0.1) is 6.92 Å². The second-order valence-corrected chi connectivity index (χ2v) is 7.94. The maximum atomic E-state index is 12.2. The molecule has 9 heteroatoms. The van der Waals surface area contributed by atoms with E-state index < -0.39 is 10.0 Å². The summed E-state index contributed by atoms with van der Waals surface area (Å²) < 4.78 is 26.5. The zero-order chi connectivity index (χ0) is 17.0. The summed E-state index contributed by atoms with van der Waals surface area (Å²) in [6, 6.07) is 6.90.